The molecule has 1 aromatic heterocycles. The summed E-state index contributed by atoms with van der Waals surface area (Å²) >= 11 is 0. The van der Waals surface area contributed by atoms with Gasteiger partial charge >= 0.3 is 0 Å². The zero-order chi connectivity index (χ0) is 15.1. The van der Waals surface area contributed by atoms with Gasteiger partial charge in [0.25, 0.3) is 0 Å². The van der Waals surface area contributed by atoms with Crippen LogP contribution in [0.3, 0.4) is 0 Å². The summed E-state index contributed by atoms with van der Waals surface area (Å²) in [6.45, 7) is 11.5. The third-order valence-corrected chi connectivity index (χ3v) is 3.82. The normalized spacial score (nSPS) is 15.8. The molecule has 0 aliphatic carbocycles. The lowest BCUT2D eigenvalue weighted by Gasteiger charge is -2.16. The highest BCUT2D eigenvalue weighted by atomic mass is 16.5. The summed E-state index contributed by atoms with van der Waals surface area (Å²) in [4.78, 5) is 7.13. The number of hydrogen-bond acceptors (Lipinski definition) is 4. The Morgan fingerprint density at radius 3 is 2.76 bits per heavy atom. The molecule has 1 saturated heterocycles. The second kappa shape index (κ2) is 8.35. The number of aromatic nitrogens is 1. The minimum Gasteiger partial charge on any atom is -0.492 e. The van der Waals surface area contributed by atoms with Gasteiger partial charge in [0.2, 0.25) is 0 Å². The zero-order valence-corrected chi connectivity index (χ0v) is 13.7. The second-order valence-corrected chi connectivity index (χ2v) is 6.18. The van der Waals surface area contributed by atoms with Crippen molar-refractivity contribution in [2.75, 3.05) is 26.2 Å². The molecule has 2 heterocycles. The molecule has 4 nitrogen and oxygen atoms in total. The number of aryl methyl sites for hydroxylation is 1. The lowest BCUT2D eigenvalue weighted by Crippen LogP contribution is -2.24. The number of hydrogen-bond donors (Lipinski definition) is 1. The Morgan fingerprint density at radius 1 is 1.29 bits per heavy atom. The highest BCUT2D eigenvalue weighted by molar-refractivity contribution is 5.29. The average Bonchev–Trinajstić information content (AvgIpc) is 2.96. The van der Waals surface area contributed by atoms with E-state index in [-0.39, 0.29) is 0 Å². The summed E-state index contributed by atoms with van der Waals surface area (Å²) in [5.74, 6) is 0.926. The van der Waals surface area contributed by atoms with Crippen molar-refractivity contribution in [3.05, 3.63) is 23.5 Å². The number of likely N-dealkylation sites (tertiary alicyclic amines) is 1. The lowest BCUT2D eigenvalue weighted by molar-refractivity contribution is 0.260. The minimum atomic E-state index is 0.454. The third-order valence-electron chi connectivity index (χ3n) is 3.82. The number of rotatable bonds is 8. The Bertz CT molecular complexity index is 428. The lowest BCUT2D eigenvalue weighted by atomic mass is 10.2. The van der Waals surface area contributed by atoms with E-state index in [2.05, 4.69) is 35.1 Å². The Kier molecular flexibility index (Phi) is 6.46. The number of nitrogens with zero attached hydrogens (tertiary/aromatic N) is 2. The van der Waals surface area contributed by atoms with Gasteiger partial charge in [-0.25, -0.2) is 0 Å². The van der Waals surface area contributed by atoms with Gasteiger partial charge in [0.1, 0.15) is 5.75 Å². The fourth-order valence-corrected chi connectivity index (χ4v) is 2.63. The SMILES string of the molecule is Cc1ccc(OCCCN2CCCC2)c(CNC(C)C)n1. The first-order valence-electron chi connectivity index (χ1n) is 8.20. The topological polar surface area (TPSA) is 37.4 Å². The minimum absolute atomic E-state index is 0.454. The molecule has 0 saturated carbocycles. The van der Waals surface area contributed by atoms with Crippen LogP contribution in [0.25, 0.3) is 0 Å². The Morgan fingerprint density at radius 2 is 2.05 bits per heavy atom. The van der Waals surface area contributed by atoms with Crippen LogP contribution in [0.1, 0.15) is 44.5 Å². The summed E-state index contributed by atoms with van der Waals surface area (Å²) in [6, 6.07) is 4.53. The summed E-state index contributed by atoms with van der Waals surface area (Å²) in [5.41, 5.74) is 2.06. The highest BCUT2D eigenvalue weighted by Gasteiger charge is 2.11. The molecule has 0 unspecified atom stereocenters. The molecule has 4 heteroatoms. The van der Waals surface area contributed by atoms with Crippen molar-refractivity contribution in [1.82, 2.24) is 15.2 Å². The molecule has 0 aromatic carbocycles. The van der Waals surface area contributed by atoms with Crippen LogP contribution < -0.4 is 10.1 Å². The Labute approximate surface area is 128 Å². The van der Waals surface area contributed by atoms with E-state index in [4.69, 9.17) is 4.74 Å². The van der Waals surface area contributed by atoms with E-state index in [0.29, 0.717) is 6.04 Å². The predicted molar refractivity (Wildman–Crippen MR) is 86.7 cm³/mol. The van der Waals surface area contributed by atoms with E-state index < -0.39 is 0 Å². The van der Waals surface area contributed by atoms with Gasteiger partial charge in [-0.2, -0.15) is 0 Å². The molecule has 21 heavy (non-hydrogen) atoms. The maximum atomic E-state index is 5.96. The van der Waals surface area contributed by atoms with Crippen LogP contribution in [0, 0.1) is 6.92 Å². The third kappa shape index (κ3) is 5.64. The van der Waals surface area contributed by atoms with E-state index in [1.54, 1.807) is 0 Å². The van der Waals surface area contributed by atoms with Gasteiger partial charge in [-0.1, -0.05) is 13.8 Å². The molecule has 0 amide bonds. The Hall–Kier alpha value is -1.13. The molecule has 1 aliphatic heterocycles. The van der Waals surface area contributed by atoms with Crippen molar-refractivity contribution in [3.8, 4) is 5.75 Å². The van der Waals surface area contributed by atoms with Crippen molar-refractivity contribution >= 4 is 0 Å². The molecule has 1 fully saturated rings. The van der Waals surface area contributed by atoms with E-state index in [1.807, 2.05) is 13.0 Å². The highest BCUT2D eigenvalue weighted by Crippen LogP contribution is 2.17. The predicted octanol–water partition coefficient (Wildman–Crippen LogP) is 2.75. The maximum absolute atomic E-state index is 5.96. The summed E-state index contributed by atoms with van der Waals surface area (Å²) in [5, 5.41) is 3.41. The quantitative estimate of drug-likeness (QED) is 0.747. The standard InChI is InChI=1S/C17H29N3O/c1-14(2)18-13-16-17(8-7-15(3)19-16)21-12-6-11-20-9-4-5-10-20/h7-8,14,18H,4-6,9-13H2,1-3H3. The summed E-state index contributed by atoms with van der Waals surface area (Å²) < 4.78 is 5.96. The molecule has 118 valence electrons. The zero-order valence-electron chi connectivity index (χ0n) is 13.7. The number of nitrogens with one attached hydrogen (secondary N) is 1. The molecular formula is C17H29N3O. The van der Waals surface area contributed by atoms with Gasteiger partial charge in [-0.3, -0.25) is 4.98 Å². The Balaban J connectivity index is 1.80. The van der Waals surface area contributed by atoms with Crippen LogP contribution in [0.4, 0.5) is 0 Å². The van der Waals surface area contributed by atoms with Crippen molar-refractivity contribution in [3.63, 3.8) is 0 Å². The van der Waals surface area contributed by atoms with Crippen LogP contribution >= 0.6 is 0 Å². The first kappa shape index (κ1) is 16.2. The van der Waals surface area contributed by atoms with Crippen LogP contribution in [-0.4, -0.2) is 42.2 Å². The van der Waals surface area contributed by atoms with E-state index in [0.717, 1.165) is 43.3 Å². The van der Waals surface area contributed by atoms with Crippen molar-refractivity contribution < 1.29 is 4.74 Å². The van der Waals surface area contributed by atoms with Crippen LogP contribution in [0.5, 0.6) is 5.75 Å². The maximum Gasteiger partial charge on any atom is 0.142 e. The van der Waals surface area contributed by atoms with E-state index in [9.17, 15) is 0 Å². The van der Waals surface area contributed by atoms with Crippen molar-refractivity contribution in [1.29, 1.82) is 0 Å². The summed E-state index contributed by atoms with van der Waals surface area (Å²) in [7, 11) is 0. The van der Waals surface area contributed by atoms with Crippen LogP contribution in [0.2, 0.25) is 0 Å². The smallest absolute Gasteiger partial charge is 0.142 e. The van der Waals surface area contributed by atoms with Gasteiger partial charge in [-0.05, 0) is 51.4 Å². The van der Waals surface area contributed by atoms with Crippen molar-refractivity contribution in [2.45, 2.75) is 52.6 Å². The number of ether oxygens (including phenoxy) is 1. The summed E-state index contributed by atoms with van der Waals surface area (Å²) in [6.07, 6.45) is 3.80. The molecule has 1 aromatic rings. The van der Waals surface area contributed by atoms with Gasteiger partial charge in [-0.15, -0.1) is 0 Å². The van der Waals surface area contributed by atoms with E-state index >= 15 is 0 Å². The second-order valence-electron chi connectivity index (χ2n) is 6.18. The fourth-order valence-electron chi connectivity index (χ4n) is 2.63. The monoisotopic (exact) mass is 291 g/mol. The molecule has 0 spiro atoms. The molecule has 0 radical (unpaired) electrons. The molecule has 0 bridgehead atoms. The fraction of sp³-hybridized carbons (Fsp3) is 0.706. The molecular weight excluding hydrogens is 262 g/mol. The molecule has 1 aliphatic rings. The first-order chi connectivity index (χ1) is 10.1. The van der Waals surface area contributed by atoms with Crippen molar-refractivity contribution in [2.24, 2.45) is 0 Å². The average molecular weight is 291 g/mol. The number of pyridine rings is 1. The molecule has 2 rings (SSSR count). The van der Waals surface area contributed by atoms with Crippen LogP contribution in [0.15, 0.2) is 12.1 Å². The molecule has 1 N–H and O–H groups in total. The van der Waals surface area contributed by atoms with Crippen LogP contribution in [-0.2, 0) is 6.54 Å². The van der Waals surface area contributed by atoms with Gasteiger partial charge in [0.05, 0.1) is 12.3 Å². The first-order valence-corrected chi connectivity index (χ1v) is 8.20. The van der Waals surface area contributed by atoms with Gasteiger partial charge in [0, 0.05) is 24.8 Å². The van der Waals surface area contributed by atoms with Gasteiger partial charge < -0.3 is 15.0 Å². The van der Waals surface area contributed by atoms with Gasteiger partial charge in [0.15, 0.2) is 0 Å². The largest absolute Gasteiger partial charge is 0.492 e. The molecule has 0 atom stereocenters. The van der Waals surface area contributed by atoms with E-state index in [1.165, 1.54) is 25.9 Å².